The van der Waals surface area contributed by atoms with Gasteiger partial charge in [-0.05, 0) is 18.2 Å². The molecule has 0 aliphatic rings. The molecule has 1 heterocycles. The lowest BCUT2D eigenvalue weighted by Gasteiger charge is -2.05. The van der Waals surface area contributed by atoms with E-state index in [4.69, 9.17) is 4.42 Å². The second-order valence-electron chi connectivity index (χ2n) is 3.72. The van der Waals surface area contributed by atoms with Crippen LogP contribution in [0.3, 0.4) is 0 Å². The lowest BCUT2D eigenvalue weighted by Crippen LogP contribution is -2.03. The van der Waals surface area contributed by atoms with Crippen LogP contribution < -0.4 is 0 Å². The summed E-state index contributed by atoms with van der Waals surface area (Å²) in [5, 5.41) is 1.45. The molecule has 85 valence electrons. The van der Waals surface area contributed by atoms with Crippen molar-refractivity contribution in [2.75, 3.05) is 0 Å². The third-order valence-electron chi connectivity index (χ3n) is 2.63. The molecule has 17 heavy (non-hydrogen) atoms. The van der Waals surface area contributed by atoms with Crippen molar-refractivity contribution in [2.24, 2.45) is 0 Å². The second kappa shape index (κ2) is 3.26. The summed E-state index contributed by atoms with van der Waals surface area (Å²) in [6.45, 7) is 0. The summed E-state index contributed by atoms with van der Waals surface area (Å²) < 4.78 is 42.9. The van der Waals surface area contributed by atoms with Crippen LogP contribution in [-0.2, 0) is 6.18 Å². The summed E-state index contributed by atoms with van der Waals surface area (Å²) >= 11 is 0. The minimum atomic E-state index is -4.35. The first-order valence-electron chi connectivity index (χ1n) is 4.96. The van der Waals surface area contributed by atoms with Gasteiger partial charge in [-0.25, -0.2) is 0 Å². The van der Waals surface area contributed by atoms with E-state index in [2.05, 4.69) is 6.07 Å². The van der Waals surface area contributed by atoms with E-state index < -0.39 is 11.7 Å². The zero-order chi connectivity index (χ0) is 12.0. The molecule has 0 spiro atoms. The van der Waals surface area contributed by atoms with Gasteiger partial charge in [-0.2, -0.15) is 13.2 Å². The fourth-order valence-corrected chi connectivity index (χ4v) is 1.83. The highest BCUT2D eigenvalue weighted by Crippen LogP contribution is 2.34. The topological polar surface area (TPSA) is 13.1 Å². The first kappa shape index (κ1) is 10.2. The molecule has 0 saturated heterocycles. The van der Waals surface area contributed by atoms with Crippen molar-refractivity contribution in [1.29, 1.82) is 0 Å². The molecule has 1 radical (unpaired) electrons. The van der Waals surface area contributed by atoms with Crippen molar-refractivity contribution in [2.45, 2.75) is 6.18 Å². The quantitative estimate of drug-likeness (QED) is 0.562. The summed E-state index contributed by atoms with van der Waals surface area (Å²) in [6, 6.07) is 11.6. The van der Waals surface area contributed by atoms with E-state index in [-0.39, 0.29) is 5.58 Å². The standard InChI is InChI=1S/C13H6F3O/c14-13(15,16)8-5-6-10-9-3-1-2-4-11(9)17-12(10)7-8/h1-3,5-7H. The van der Waals surface area contributed by atoms with Gasteiger partial charge in [-0.3, -0.25) is 0 Å². The van der Waals surface area contributed by atoms with Crippen LogP contribution in [0, 0.1) is 6.07 Å². The van der Waals surface area contributed by atoms with Gasteiger partial charge in [0.25, 0.3) is 0 Å². The molecular weight excluding hydrogens is 229 g/mol. The summed E-state index contributed by atoms with van der Waals surface area (Å²) in [6.07, 6.45) is -4.35. The van der Waals surface area contributed by atoms with E-state index in [1.165, 1.54) is 6.07 Å². The zero-order valence-electron chi connectivity index (χ0n) is 8.51. The van der Waals surface area contributed by atoms with Crippen molar-refractivity contribution < 1.29 is 17.6 Å². The monoisotopic (exact) mass is 235 g/mol. The molecule has 0 saturated carbocycles. The van der Waals surface area contributed by atoms with Gasteiger partial charge in [-0.1, -0.05) is 18.2 Å². The van der Waals surface area contributed by atoms with Crippen LogP contribution in [-0.4, -0.2) is 0 Å². The Morgan fingerprint density at radius 3 is 2.65 bits per heavy atom. The van der Waals surface area contributed by atoms with Crippen LogP contribution in [0.2, 0.25) is 0 Å². The number of benzene rings is 2. The average molecular weight is 235 g/mol. The second-order valence-corrected chi connectivity index (χ2v) is 3.72. The molecule has 0 aliphatic carbocycles. The number of furan rings is 1. The number of hydrogen-bond donors (Lipinski definition) is 0. The fraction of sp³-hybridized carbons (Fsp3) is 0.0769. The third-order valence-corrected chi connectivity index (χ3v) is 2.63. The van der Waals surface area contributed by atoms with Gasteiger partial charge in [0.1, 0.15) is 11.2 Å². The molecule has 1 aromatic heterocycles. The minimum Gasteiger partial charge on any atom is -0.455 e. The predicted molar refractivity (Wildman–Crippen MR) is 57.6 cm³/mol. The smallest absolute Gasteiger partial charge is 0.416 e. The highest BCUT2D eigenvalue weighted by Gasteiger charge is 2.31. The Bertz CT molecular complexity index is 695. The van der Waals surface area contributed by atoms with Crippen molar-refractivity contribution in [3.63, 3.8) is 0 Å². The number of hydrogen-bond acceptors (Lipinski definition) is 1. The predicted octanol–water partition coefficient (Wildman–Crippen LogP) is 4.40. The molecule has 0 amide bonds. The largest absolute Gasteiger partial charge is 0.455 e. The molecule has 0 fully saturated rings. The van der Waals surface area contributed by atoms with E-state index in [0.29, 0.717) is 11.0 Å². The number of halogens is 3. The molecule has 0 aliphatic heterocycles. The summed E-state index contributed by atoms with van der Waals surface area (Å²) in [5.74, 6) is 0. The number of para-hydroxylation sites is 1. The first-order valence-corrected chi connectivity index (χ1v) is 4.96. The van der Waals surface area contributed by atoms with Gasteiger partial charge in [0, 0.05) is 16.8 Å². The Morgan fingerprint density at radius 2 is 1.88 bits per heavy atom. The maximum absolute atomic E-state index is 12.5. The van der Waals surface area contributed by atoms with Crippen molar-refractivity contribution in [1.82, 2.24) is 0 Å². The number of rotatable bonds is 0. The highest BCUT2D eigenvalue weighted by molar-refractivity contribution is 6.04. The van der Waals surface area contributed by atoms with Gasteiger partial charge < -0.3 is 4.42 Å². The van der Waals surface area contributed by atoms with Gasteiger partial charge in [0.15, 0.2) is 0 Å². The van der Waals surface area contributed by atoms with Crippen LogP contribution in [0.5, 0.6) is 0 Å². The zero-order valence-corrected chi connectivity index (χ0v) is 8.51. The van der Waals surface area contributed by atoms with Crippen LogP contribution >= 0.6 is 0 Å². The molecule has 3 rings (SSSR count). The van der Waals surface area contributed by atoms with E-state index in [9.17, 15) is 13.2 Å². The van der Waals surface area contributed by atoms with Crippen LogP contribution in [0.4, 0.5) is 13.2 Å². The molecule has 0 bridgehead atoms. The molecular formula is C13H6F3O. The van der Waals surface area contributed by atoms with E-state index in [0.717, 1.165) is 17.5 Å². The van der Waals surface area contributed by atoms with Crippen LogP contribution in [0.25, 0.3) is 21.9 Å². The van der Waals surface area contributed by atoms with Crippen molar-refractivity contribution in [3.8, 4) is 0 Å². The van der Waals surface area contributed by atoms with Gasteiger partial charge in [0.05, 0.1) is 5.56 Å². The first-order chi connectivity index (χ1) is 8.05. The van der Waals surface area contributed by atoms with E-state index in [1.807, 2.05) is 0 Å². The minimum absolute atomic E-state index is 0.234. The Morgan fingerprint density at radius 1 is 1.06 bits per heavy atom. The molecule has 0 N–H and O–H groups in total. The Kier molecular flexibility index (Phi) is 1.96. The molecule has 2 aromatic carbocycles. The van der Waals surface area contributed by atoms with E-state index >= 15 is 0 Å². The Hall–Kier alpha value is -1.97. The van der Waals surface area contributed by atoms with Gasteiger partial charge in [-0.15, -0.1) is 0 Å². The molecule has 0 atom stereocenters. The van der Waals surface area contributed by atoms with Crippen LogP contribution in [0.1, 0.15) is 5.56 Å². The summed E-state index contributed by atoms with van der Waals surface area (Å²) in [4.78, 5) is 0. The maximum atomic E-state index is 12.5. The lowest BCUT2D eigenvalue weighted by molar-refractivity contribution is -0.137. The summed E-state index contributed by atoms with van der Waals surface area (Å²) in [7, 11) is 0. The fourth-order valence-electron chi connectivity index (χ4n) is 1.83. The Balaban J connectivity index is 2.34. The number of alkyl halides is 3. The number of fused-ring (bicyclic) bond motifs is 3. The van der Waals surface area contributed by atoms with Crippen molar-refractivity contribution >= 4 is 21.9 Å². The van der Waals surface area contributed by atoms with E-state index in [1.54, 1.807) is 18.2 Å². The highest BCUT2D eigenvalue weighted by atomic mass is 19.4. The normalized spacial score (nSPS) is 12.4. The SMILES string of the molecule is FC(F)(F)c1ccc2c(c1)oc1[c]cccc12. The Labute approximate surface area is 94.5 Å². The van der Waals surface area contributed by atoms with Gasteiger partial charge >= 0.3 is 6.18 Å². The van der Waals surface area contributed by atoms with Crippen molar-refractivity contribution in [3.05, 3.63) is 48.0 Å². The molecule has 3 aromatic rings. The summed E-state index contributed by atoms with van der Waals surface area (Å²) in [5.41, 5.74) is 0.00292. The molecule has 0 unspecified atom stereocenters. The van der Waals surface area contributed by atoms with Gasteiger partial charge in [0.2, 0.25) is 0 Å². The third kappa shape index (κ3) is 1.56. The lowest BCUT2D eigenvalue weighted by atomic mass is 10.1. The molecule has 4 heteroatoms. The average Bonchev–Trinajstić information content (AvgIpc) is 2.65. The maximum Gasteiger partial charge on any atom is 0.416 e. The van der Waals surface area contributed by atoms with Crippen LogP contribution in [0.15, 0.2) is 40.8 Å². The molecule has 1 nitrogen and oxygen atoms in total.